The summed E-state index contributed by atoms with van der Waals surface area (Å²) in [5.74, 6) is -0.124. The first-order valence-electron chi connectivity index (χ1n) is 12.0. The third-order valence-corrected chi connectivity index (χ3v) is 4.34. The second kappa shape index (κ2) is 15.7. The van der Waals surface area contributed by atoms with E-state index in [9.17, 15) is 19.5 Å². The summed E-state index contributed by atoms with van der Waals surface area (Å²) in [6, 6.07) is 0. The third-order valence-electron chi connectivity index (χ3n) is 4.34. The molecule has 198 valence electrons. The minimum absolute atomic E-state index is 0.124. The summed E-state index contributed by atoms with van der Waals surface area (Å²) in [4.78, 5) is 33.4. The number of ether oxygens (including phenoxy) is 3. The fourth-order valence-corrected chi connectivity index (χ4v) is 2.97. The minimum Gasteiger partial charge on any atom is -0.463 e. The zero-order chi connectivity index (χ0) is 26.4. The van der Waals surface area contributed by atoms with Crippen molar-refractivity contribution in [2.45, 2.75) is 129 Å². The summed E-state index contributed by atoms with van der Waals surface area (Å²) < 4.78 is 14.8. The van der Waals surface area contributed by atoms with Gasteiger partial charge in [0.05, 0.1) is 12.2 Å². The largest absolute Gasteiger partial charge is 0.463 e. The topological polar surface area (TPSA) is 131 Å². The molecule has 9 nitrogen and oxygen atoms in total. The number of hydrogen-bond acceptors (Lipinski definition) is 8. The van der Waals surface area contributed by atoms with Crippen molar-refractivity contribution in [3.05, 3.63) is 12.2 Å². The first-order chi connectivity index (χ1) is 15.6. The molecule has 3 unspecified atom stereocenters. The third kappa shape index (κ3) is 20.5. The number of imide groups is 1. The summed E-state index contributed by atoms with van der Waals surface area (Å²) in [5, 5.41) is 20.1. The maximum Gasteiger partial charge on any atom is 0.417 e. The average molecular weight is 488 g/mol. The summed E-state index contributed by atoms with van der Waals surface area (Å²) in [5.41, 5.74) is -1.27. The maximum atomic E-state index is 11.1. The van der Waals surface area contributed by atoms with Crippen LogP contribution in [0, 0.1) is 0 Å². The Hall–Kier alpha value is -2.13. The molecule has 0 bridgehead atoms. The van der Waals surface area contributed by atoms with Gasteiger partial charge in [0.1, 0.15) is 17.3 Å². The van der Waals surface area contributed by atoms with E-state index >= 15 is 0 Å². The molecule has 0 spiro atoms. The molecule has 0 saturated carbocycles. The molecule has 2 rings (SSSR count). The minimum atomic E-state index is -0.809. The van der Waals surface area contributed by atoms with E-state index < -0.39 is 23.4 Å². The molecule has 1 aliphatic carbocycles. The number of nitrogens with one attached hydrogen (secondary N) is 1. The quantitative estimate of drug-likeness (QED) is 0.253. The van der Waals surface area contributed by atoms with Gasteiger partial charge in [0.25, 0.3) is 0 Å². The summed E-state index contributed by atoms with van der Waals surface area (Å²) in [6.45, 7) is 12.1. The number of alkyl carbamates (subject to hydrolysis) is 2. The number of aliphatic hydroxyl groups is 2. The van der Waals surface area contributed by atoms with Crippen LogP contribution in [0.3, 0.4) is 0 Å². The Morgan fingerprint density at radius 3 is 1.94 bits per heavy atom. The first kappa shape index (κ1) is 31.9. The number of carbonyl (C=O) groups excluding carboxylic acids is 3. The van der Waals surface area contributed by atoms with Crippen LogP contribution in [0.1, 0.15) is 99.8 Å². The van der Waals surface area contributed by atoms with Crippen molar-refractivity contribution >= 4 is 18.2 Å². The molecule has 3 N–H and O–H groups in total. The van der Waals surface area contributed by atoms with Gasteiger partial charge in [0.15, 0.2) is 0 Å². The van der Waals surface area contributed by atoms with E-state index in [0.29, 0.717) is 12.8 Å². The van der Waals surface area contributed by atoms with Crippen LogP contribution >= 0.6 is 0 Å². The molecular weight excluding hydrogens is 442 g/mol. The zero-order valence-electron chi connectivity index (χ0n) is 21.9. The number of carbonyl (C=O) groups is 3. The Balaban J connectivity index is 0.000000518. The maximum absolute atomic E-state index is 11.1. The molecule has 2 amide bonds. The molecule has 1 saturated heterocycles. The number of cyclic esters (lactones) is 1. The van der Waals surface area contributed by atoms with Crippen molar-refractivity contribution < 1.29 is 38.8 Å². The highest BCUT2D eigenvalue weighted by molar-refractivity contribution is 5.87. The lowest BCUT2D eigenvalue weighted by Crippen LogP contribution is -2.39. The number of allylic oxidation sites excluding steroid dienone is 1. The van der Waals surface area contributed by atoms with Crippen molar-refractivity contribution in [3.63, 3.8) is 0 Å². The highest BCUT2D eigenvalue weighted by Gasteiger charge is 2.22. The Morgan fingerprint density at radius 2 is 1.53 bits per heavy atom. The van der Waals surface area contributed by atoms with Gasteiger partial charge in [-0.1, -0.05) is 25.0 Å². The molecule has 0 aromatic heterocycles. The van der Waals surface area contributed by atoms with Gasteiger partial charge in [-0.2, -0.15) is 0 Å². The van der Waals surface area contributed by atoms with Gasteiger partial charge >= 0.3 is 18.2 Å². The predicted octanol–water partition coefficient (Wildman–Crippen LogP) is 4.78. The first-order valence-corrected chi connectivity index (χ1v) is 12.0. The van der Waals surface area contributed by atoms with Gasteiger partial charge in [-0.15, -0.1) is 0 Å². The molecular formula is C25H45NO8. The highest BCUT2D eigenvalue weighted by Crippen LogP contribution is 2.15. The van der Waals surface area contributed by atoms with E-state index in [4.69, 9.17) is 19.3 Å². The van der Waals surface area contributed by atoms with Crippen LogP contribution in [0.15, 0.2) is 12.2 Å². The molecule has 0 radical (unpaired) electrons. The van der Waals surface area contributed by atoms with Crippen molar-refractivity contribution in [1.82, 2.24) is 5.32 Å². The lowest BCUT2D eigenvalue weighted by atomic mass is 10.0. The lowest BCUT2D eigenvalue weighted by Gasteiger charge is -2.21. The molecule has 9 heteroatoms. The van der Waals surface area contributed by atoms with E-state index in [0.717, 1.165) is 38.5 Å². The van der Waals surface area contributed by atoms with Gasteiger partial charge in [0.2, 0.25) is 0 Å². The molecule has 0 aromatic carbocycles. The summed E-state index contributed by atoms with van der Waals surface area (Å²) >= 11 is 0. The van der Waals surface area contributed by atoms with Crippen LogP contribution in [0.25, 0.3) is 0 Å². The van der Waals surface area contributed by atoms with E-state index in [1.54, 1.807) is 41.5 Å². The highest BCUT2D eigenvalue weighted by atomic mass is 16.6. The van der Waals surface area contributed by atoms with Crippen molar-refractivity contribution in [1.29, 1.82) is 0 Å². The number of amides is 2. The van der Waals surface area contributed by atoms with Crippen molar-refractivity contribution in [2.75, 3.05) is 0 Å². The van der Waals surface area contributed by atoms with Gasteiger partial charge in [-0.3, -0.25) is 4.79 Å². The number of hydrogen-bond donors (Lipinski definition) is 3. The lowest BCUT2D eigenvalue weighted by molar-refractivity contribution is -0.149. The zero-order valence-corrected chi connectivity index (χ0v) is 21.9. The Morgan fingerprint density at radius 1 is 0.971 bits per heavy atom. The van der Waals surface area contributed by atoms with E-state index in [-0.39, 0.29) is 24.3 Å². The fraction of sp³-hybridized carbons (Fsp3) is 0.800. The summed E-state index contributed by atoms with van der Waals surface area (Å²) in [7, 11) is 0. The Bertz CT molecular complexity index is 622. The second-order valence-electron chi connectivity index (χ2n) is 10.5. The van der Waals surface area contributed by atoms with Crippen LogP contribution in [-0.4, -0.2) is 57.9 Å². The van der Waals surface area contributed by atoms with Gasteiger partial charge in [0, 0.05) is 12.8 Å². The average Bonchev–Trinajstić information content (AvgIpc) is 3.09. The number of rotatable bonds is 0. The Kier molecular flexibility index (Phi) is 14.7. The molecule has 1 aliphatic heterocycles. The fourth-order valence-electron chi connectivity index (χ4n) is 2.97. The van der Waals surface area contributed by atoms with Crippen molar-refractivity contribution in [3.8, 4) is 0 Å². The van der Waals surface area contributed by atoms with Crippen LogP contribution < -0.4 is 5.32 Å². The van der Waals surface area contributed by atoms with Crippen LogP contribution in [0.2, 0.25) is 0 Å². The van der Waals surface area contributed by atoms with Crippen LogP contribution in [0.4, 0.5) is 9.59 Å². The second-order valence-corrected chi connectivity index (χ2v) is 10.5. The van der Waals surface area contributed by atoms with Crippen LogP contribution in [-0.2, 0) is 19.0 Å². The predicted molar refractivity (Wildman–Crippen MR) is 129 cm³/mol. The van der Waals surface area contributed by atoms with E-state index in [1.807, 2.05) is 24.4 Å². The molecule has 1 fully saturated rings. The molecule has 34 heavy (non-hydrogen) atoms. The Labute approximate surface area is 204 Å². The molecule has 2 aliphatic rings. The molecule has 0 aromatic rings. The number of esters is 1. The smallest absolute Gasteiger partial charge is 0.417 e. The molecule has 3 atom stereocenters. The number of aliphatic hydroxyl groups excluding tert-OH is 2. The SMILES string of the molecule is CC(C)(C)OC(=O)NC(=O)OC(C)(C)C.CC1CC(O)CCCCCC(=O)O1.OC1C=CCC1. The van der Waals surface area contributed by atoms with Gasteiger partial charge in [-0.25, -0.2) is 14.9 Å². The van der Waals surface area contributed by atoms with Gasteiger partial charge in [-0.05, 0) is 74.1 Å². The van der Waals surface area contributed by atoms with Crippen LogP contribution in [0.5, 0.6) is 0 Å². The van der Waals surface area contributed by atoms with E-state index in [1.165, 1.54) is 0 Å². The normalized spacial score (nSPS) is 23.2. The monoisotopic (exact) mass is 487 g/mol. The van der Waals surface area contributed by atoms with Crippen molar-refractivity contribution in [2.24, 2.45) is 0 Å². The summed E-state index contributed by atoms with van der Waals surface area (Å²) in [6.07, 6.45) is 8.49. The van der Waals surface area contributed by atoms with Gasteiger partial charge < -0.3 is 24.4 Å². The molecule has 1 heterocycles. The van der Waals surface area contributed by atoms with E-state index in [2.05, 4.69) is 0 Å². The standard InChI is InChI=1S/C10H19NO4.C10H18O3.C5H8O/c1-9(2,3)14-7(12)11-8(13)15-10(4,5)6;1-8-7-9(11)5-3-2-4-6-10(12)13-8;6-5-3-1-2-4-5/h1-6H3,(H,11,12,13);8-9,11H,2-7H2,1H3;1,3,5-6H,2,4H2.